The van der Waals surface area contributed by atoms with Crippen molar-refractivity contribution in [3.8, 4) is 11.8 Å². The van der Waals surface area contributed by atoms with Gasteiger partial charge >= 0.3 is 0 Å². The molecule has 0 aliphatic carbocycles. The molecule has 32 heavy (non-hydrogen) atoms. The molecule has 166 valence electrons. The molecule has 1 aliphatic rings. The summed E-state index contributed by atoms with van der Waals surface area (Å²) in [5.74, 6) is 6.15. The Hall–Kier alpha value is -3.40. The first-order valence-electron chi connectivity index (χ1n) is 9.72. The molecule has 3 aromatic rings. The van der Waals surface area contributed by atoms with Crippen LogP contribution in [0.3, 0.4) is 0 Å². The highest BCUT2D eigenvalue weighted by Crippen LogP contribution is 2.32. The molecule has 0 spiro atoms. The van der Waals surface area contributed by atoms with Crippen molar-refractivity contribution < 1.29 is 29.7 Å². The van der Waals surface area contributed by atoms with Gasteiger partial charge in [-0.2, -0.15) is 4.98 Å². The van der Waals surface area contributed by atoms with Crippen molar-refractivity contribution in [2.75, 3.05) is 19.2 Å². The Bertz CT molecular complexity index is 1200. The van der Waals surface area contributed by atoms with Gasteiger partial charge in [0.15, 0.2) is 29.0 Å². The summed E-state index contributed by atoms with van der Waals surface area (Å²) in [7, 11) is 1.42. The van der Waals surface area contributed by atoms with E-state index in [0.717, 1.165) is 0 Å². The van der Waals surface area contributed by atoms with Gasteiger partial charge in [-0.25, -0.2) is 15.4 Å². The second kappa shape index (κ2) is 8.99. The van der Waals surface area contributed by atoms with Crippen LogP contribution in [0.2, 0.25) is 0 Å². The predicted octanol–water partition coefficient (Wildman–Crippen LogP) is 0.0135. The van der Waals surface area contributed by atoms with Gasteiger partial charge in [0, 0.05) is 11.1 Å². The van der Waals surface area contributed by atoms with Gasteiger partial charge in [-0.05, 0) is 25.0 Å². The number of aromatic nitrogens is 4. The summed E-state index contributed by atoms with van der Waals surface area (Å²) in [4.78, 5) is 29.4. The Balaban J connectivity index is 1.73. The number of fused-ring (bicyclic) bond motifs is 1. The van der Waals surface area contributed by atoms with Crippen molar-refractivity contribution in [2.45, 2.75) is 31.5 Å². The molecule has 4 rings (SSSR count). The zero-order valence-corrected chi connectivity index (χ0v) is 17.3. The molecule has 0 unspecified atom stereocenters. The number of aliphatic hydroxyl groups excluding tert-OH is 3. The van der Waals surface area contributed by atoms with E-state index in [1.165, 1.54) is 24.9 Å². The van der Waals surface area contributed by atoms with Crippen LogP contribution in [0, 0.1) is 11.8 Å². The Morgan fingerprint density at radius 2 is 1.97 bits per heavy atom. The van der Waals surface area contributed by atoms with E-state index in [0.29, 0.717) is 16.6 Å². The van der Waals surface area contributed by atoms with Crippen molar-refractivity contribution in [1.29, 1.82) is 0 Å². The van der Waals surface area contributed by atoms with Gasteiger partial charge in [0.25, 0.3) is 0 Å². The molecule has 1 aliphatic heterocycles. The third-order valence-corrected chi connectivity index (χ3v) is 5.02. The highest BCUT2D eigenvalue weighted by Gasteiger charge is 2.44. The van der Waals surface area contributed by atoms with E-state index in [-0.39, 0.29) is 23.1 Å². The van der Waals surface area contributed by atoms with Gasteiger partial charge in [-0.3, -0.25) is 14.2 Å². The highest BCUT2D eigenvalue weighted by atomic mass is 16.6. The monoisotopic (exact) mass is 439 g/mol. The number of hydrogen-bond acceptors (Lipinski definition) is 10. The second-order valence-electron chi connectivity index (χ2n) is 7.14. The van der Waals surface area contributed by atoms with E-state index in [1.54, 1.807) is 24.3 Å². The maximum absolute atomic E-state index is 11.4. The predicted molar refractivity (Wildman–Crippen MR) is 111 cm³/mol. The van der Waals surface area contributed by atoms with Gasteiger partial charge in [0.1, 0.15) is 18.3 Å². The lowest BCUT2D eigenvalue weighted by atomic mass is 10.1. The van der Waals surface area contributed by atoms with Crippen LogP contribution in [0.25, 0.3) is 11.2 Å². The lowest BCUT2D eigenvalue weighted by molar-refractivity contribution is -0.0511. The highest BCUT2D eigenvalue weighted by molar-refractivity contribution is 5.94. The number of carbonyl (C=O) groups is 1. The van der Waals surface area contributed by atoms with Gasteiger partial charge in [-0.15, -0.1) is 0 Å². The van der Waals surface area contributed by atoms with E-state index in [4.69, 9.17) is 9.57 Å². The Labute approximate surface area is 182 Å². The van der Waals surface area contributed by atoms with Crippen LogP contribution in [0.1, 0.15) is 34.9 Å². The molecule has 1 fully saturated rings. The third-order valence-electron chi connectivity index (χ3n) is 5.02. The molecule has 0 amide bonds. The molecule has 0 bridgehead atoms. The number of Topliss-reactive ketones (excluding diaryl/α,β-unsaturated/α-hetero) is 1. The number of nitrogens with zero attached hydrogens (tertiary/aromatic N) is 4. The maximum Gasteiger partial charge on any atom is 0.209 e. The standard InChI is InChI=1S/C21H21N5O6/c1-11(28)13-6-3-12(4-7-13)5-8-15-23-19(25-31-2)16-20(24-15)26(10-22-16)21-18(30)17(29)14(9-27)32-21/h3-4,6-7,10,14,17-18,21,27,29-30H,9H2,1-2H3,(H,23,24,25)/t14-,17-,18+,21-/m1/s1. The SMILES string of the molecule is CONc1nc(C#Cc2ccc(C(C)=O)cc2)nc2c1ncn2[C@@H]1O[C@H](CO)[C@@H](O)[C@@H]1O. The van der Waals surface area contributed by atoms with E-state index in [9.17, 15) is 20.1 Å². The van der Waals surface area contributed by atoms with Gasteiger partial charge in [-0.1, -0.05) is 18.1 Å². The minimum atomic E-state index is -1.30. The van der Waals surface area contributed by atoms with E-state index >= 15 is 0 Å². The molecule has 11 nitrogen and oxygen atoms in total. The van der Waals surface area contributed by atoms with Crippen molar-refractivity contribution in [2.24, 2.45) is 0 Å². The largest absolute Gasteiger partial charge is 0.394 e. The number of aliphatic hydroxyl groups is 3. The molecular formula is C21H21N5O6. The molecule has 0 radical (unpaired) electrons. The lowest BCUT2D eigenvalue weighted by Crippen LogP contribution is -2.33. The molecular weight excluding hydrogens is 418 g/mol. The van der Waals surface area contributed by atoms with E-state index in [2.05, 4.69) is 32.3 Å². The van der Waals surface area contributed by atoms with Crippen molar-refractivity contribution in [3.63, 3.8) is 0 Å². The summed E-state index contributed by atoms with van der Waals surface area (Å²) in [6.07, 6.45) is -3.13. The average Bonchev–Trinajstić information content (AvgIpc) is 3.33. The zero-order valence-electron chi connectivity index (χ0n) is 17.3. The van der Waals surface area contributed by atoms with Crippen LogP contribution in [0.15, 0.2) is 30.6 Å². The van der Waals surface area contributed by atoms with Crippen LogP contribution in [-0.4, -0.2) is 72.7 Å². The number of imidazole rings is 1. The number of ketones is 1. The number of anilines is 1. The first-order chi connectivity index (χ1) is 15.4. The van der Waals surface area contributed by atoms with Crippen LogP contribution in [-0.2, 0) is 9.57 Å². The number of benzene rings is 1. The summed E-state index contributed by atoms with van der Waals surface area (Å²) in [6.45, 7) is 1.04. The molecule has 2 aromatic heterocycles. The van der Waals surface area contributed by atoms with Crippen molar-refractivity contribution in [1.82, 2.24) is 19.5 Å². The van der Waals surface area contributed by atoms with Gasteiger partial charge in [0.05, 0.1) is 20.0 Å². The number of carbonyl (C=O) groups excluding carboxylic acids is 1. The molecule has 1 aromatic carbocycles. The Morgan fingerprint density at radius 1 is 1.22 bits per heavy atom. The quantitative estimate of drug-likeness (QED) is 0.243. The first-order valence-corrected chi connectivity index (χ1v) is 9.72. The van der Waals surface area contributed by atoms with E-state index in [1.807, 2.05) is 0 Å². The number of rotatable bonds is 5. The van der Waals surface area contributed by atoms with Crippen LogP contribution < -0.4 is 5.48 Å². The van der Waals surface area contributed by atoms with Crippen molar-refractivity contribution in [3.05, 3.63) is 47.5 Å². The van der Waals surface area contributed by atoms with Crippen molar-refractivity contribution >= 4 is 22.8 Å². The summed E-state index contributed by atoms with van der Waals surface area (Å²) >= 11 is 0. The summed E-state index contributed by atoms with van der Waals surface area (Å²) in [5, 5.41) is 29.8. The fraction of sp³-hybridized carbons (Fsp3) is 0.333. The molecule has 1 saturated heterocycles. The average molecular weight is 439 g/mol. The number of hydrogen-bond donors (Lipinski definition) is 4. The topological polar surface area (TPSA) is 152 Å². The fourth-order valence-electron chi connectivity index (χ4n) is 3.35. The zero-order chi connectivity index (χ0) is 22.8. The second-order valence-corrected chi connectivity index (χ2v) is 7.14. The molecule has 3 heterocycles. The number of ether oxygens (including phenoxy) is 1. The minimum absolute atomic E-state index is 0.0355. The third kappa shape index (κ3) is 4.05. The van der Waals surface area contributed by atoms with E-state index < -0.39 is 31.1 Å². The molecule has 4 atom stereocenters. The first kappa shape index (κ1) is 21.8. The molecule has 11 heteroatoms. The maximum atomic E-state index is 11.4. The molecule has 4 N–H and O–H groups in total. The summed E-state index contributed by atoms with van der Waals surface area (Å²) < 4.78 is 7.02. The molecule has 0 saturated carbocycles. The summed E-state index contributed by atoms with van der Waals surface area (Å²) in [6, 6.07) is 6.82. The van der Waals surface area contributed by atoms with Crippen LogP contribution in [0.5, 0.6) is 0 Å². The number of nitrogens with one attached hydrogen (secondary N) is 1. The van der Waals surface area contributed by atoms with Crippen LogP contribution in [0.4, 0.5) is 5.82 Å². The van der Waals surface area contributed by atoms with Gasteiger partial charge in [0.2, 0.25) is 5.82 Å². The van der Waals surface area contributed by atoms with Gasteiger partial charge < -0.3 is 20.1 Å². The Kier molecular flexibility index (Phi) is 6.13. The smallest absolute Gasteiger partial charge is 0.209 e. The Morgan fingerprint density at radius 3 is 2.59 bits per heavy atom. The summed E-state index contributed by atoms with van der Waals surface area (Å²) in [5.41, 5.74) is 4.49. The normalized spacial score (nSPS) is 22.5. The lowest BCUT2D eigenvalue weighted by Gasteiger charge is -2.16. The van der Waals surface area contributed by atoms with Crippen LogP contribution >= 0.6 is 0 Å². The fourth-order valence-corrected chi connectivity index (χ4v) is 3.35. The minimum Gasteiger partial charge on any atom is -0.394 e.